The number of likely N-dealkylation sites (tertiary alicyclic amines) is 1. The van der Waals surface area contributed by atoms with Gasteiger partial charge in [0.2, 0.25) is 11.9 Å². The van der Waals surface area contributed by atoms with E-state index in [4.69, 9.17) is 0 Å². The first-order chi connectivity index (χ1) is 17.8. The number of alkyl halides is 2. The zero-order chi connectivity index (χ0) is 26.1. The first-order valence-electron chi connectivity index (χ1n) is 12.7. The van der Waals surface area contributed by atoms with Crippen molar-refractivity contribution in [2.24, 2.45) is 10.9 Å². The van der Waals surface area contributed by atoms with Crippen molar-refractivity contribution in [2.75, 3.05) is 25.0 Å². The Kier molecular flexibility index (Phi) is 7.14. The fraction of sp³-hybridized carbons (Fsp3) is 0.500. The van der Waals surface area contributed by atoms with Crippen LogP contribution in [0.2, 0.25) is 0 Å². The highest BCUT2D eigenvalue weighted by molar-refractivity contribution is 5.92. The molecule has 3 aromatic rings. The molecule has 2 aliphatic heterocycles. The van der Waals surface area contributed by atoms with Gasteiger partial charge in [-0.3, -0.25) is 4.79 Å². The van der Waals surface area contributed by atoms with Gasteiger partial charge in [0.25, 0.3) is 6.43 Å². The molecule has 1 unspecified atom stereocenters. The van der Waals surface area contributed by atoms with Crippen LogP contribution in [0, 0.1) is 5.92 Å². The molecule has 0 aromatic carbocycles. The van der Waals surface area contributed by atoms with E-state index >= 15 is 0 Å². The molecule has 37 heavy (non-hydrogen) atoms. The molecular formula is C26H32F2N8O. The zero-order valence-electron chi connectivity index (χ0n) is 21.3. The molecule has 1 amide bonds. The molecule has 1 saturated heterocycles. The standard InChI is InChI=1S/C26H32F2N8O/c1-15(2)25(37)35-7-4-19(5-8-35)33-26-31-13-22-20(6-9-36(22)34-26)18-10-17-11-21(29-14-23(27)28)16(3)32-24(17)30-12-18/h6,9-10,12-13,15,19,21,23,29H,4-5,7-8,11,14H2,1-3H3,(H,33,34). The molecule has 5 heterocycles. The van der Waals surface area contributed by atoms with E-state index in [2.05, 4.69) is 30.7 Å². The molecule has 1 fully saturated rings. The van der Waals surface area contributed by atoms with E-state index in [1.54, 1.807) is 16.9 Å². The van der Waals surface area contributed by atoms with E-state index in [-0.39, 0.29) is 30.5 Å². The summed E-state index contributed by atoms with van der Waals surface area (Å²) in [4.78, 5) is 27.8. The Morgan fingerprint density at radius 3 is 2.70 bits per heavy atom. The fourth-order valence-corrected chi connectivity index (χ4v) is 4.97. The minimum atomic E-state index is -2.41. The lowest BCUT2D eigenvalue weighted by molar-refractivity contribution is -0.135. The van der Waals surface area contributed by atoms with Crippen molar-refractivity contribution in [2.45, 2.75) is 58.5 Å². The monoisotopic (exact) mass is 510 g/mol. The molecule has 196 valence electrons. The summed E-state index contributed by atoms with van der Waals surface area (Å²) in [6, 6.07) is 3.96. The summed E-state index contributed by atoms with van der Waals surface area (Å²) in [5, 5.41) is 10.9. The normalized spacial score (nSPS) is 18.4. The number of hydrogen-bond donors (Lipinski definition) is 2. The second-order valence-corrected chi connectivity index (χ2v) is 10.1. The number of pyridine rings is 1. The van der Waals surface area contributed by atoms with Crippen LogP contribution in [-0.2, 0) is 11.2 Å². The van der Waals surface area contributed by atoms with E-state index in [0.717, 1.165) is 53.8 Å². The maximum atomic E-state index is 12.7. The maximum absolute atomic E-state index is 12.7. The van der Waals surface area contributed by atoms with Gasteiger partial charge in [-0.15, -0.1) is 5.10 Å². The third-order valence-electron chi connectivity index (χ3n) is 7.03. The van der Waals surface area contributed by atoms with Gasteiger partial charge >= 0.3 is 0 Å². The second-order valence-electron chi connectivity index (χ2n) is 10.1. The Morgan fingerprint density at radius 1 is 1.19 bits per heavy atom. The average molecular weight is 511 g/mol. The number of hydrogen-bond acceptors (Lipinski definition) is 7. The highest BCUT2D eigenvalue weighted by Crippen LogP contribution is 2.31. The van der Waals surface area contributed by atoms with Gasteiger partial charge in [-0.05, 0) is 43.9 Å². The minimum absolute atomic E-state index is 0.0175. The third kappa shape index (κ3) is 5.46. The van der Waals surface area contributed by atoms with Gasteiger partial charge < -0.3 is 15.5 Å². The Hall–Kier alpha value is -3.47. The lowest BCUT2D eigenvalue weighted by atomic mass is 9.97. The number of aliphatic imine (C=N–C) groups is 1. The average Bonchev–Trinajstić information content (AvgIpc) is 3.30. The molecule has 0 radical (unpaired) electrons. The summed E-state index contributed by atoms with van der Waals surface area (Å²) in [7, 11) is 0. The number of anilines is 1. The highest BCUT2D eigenvalue weighted by atomic mass is 19.3. The largest absolute Gasteiger partial charge is 0.350 e. The first-order valence-corrected chi connectivity index (χ1v) is 12.7. The zero-order valence-corrected chi connectivity index (χ0v) is 21.3. The van der Waals surface area contributed by atoms with Crippen molar-refractivity contribution in [3.05, 3.63) is 36.3 Å². The van der Waals surface area contributed by atoms with Gasteiger partial charge in [-0.1, -0.05) is 13.8 Å². The Balaban J connectivity index is 1.29. The first kappa shape index (κ1) is 25.2. The van der Waals surface area contributed by atoms with Crippen molar-refractivity contribution >= 4 is 28.9 Å². The molecule has 0 aliphatic carbocycles. The lowest BCUT2D eigenvalue weighted by Gasteiger charge is -2.33. The number of aromatic nitrogens is 4. The summed E-state index contributed by atoms with van der Waals surface area (Å²) in [5.74, 6) is 1.40. The molecule has 2 N–H and O–H groups in total. The fourth-order valence-electron chi connectivity index (χ4n) is 4.97. The molecule has 11 heteroatoms. The van der Waals surface area contributed by atoms with Crippen molar-refractivity contribution in [3.63, 3.8) is 0 Å². The van der Waals surface area contributed by atoms with Crippen molar-refractivity contribution in [1.29, 1.82) is 0 Å². The number of fused-ring (bicyclic) bond motifs is 2. The predicted molar refractivity (Wildman–Crippen MR) is 139 cm³/mol. The number of amides is 1. The number of nitrogens with one attached hydrogen (secondary N) is 2. The molecule has 0 saturated carbocycles. The number of nitrogens with zero attached hydrogens (tertiary/aromatic N) is 6. The number of piperidine rings is 1. The number of halogens is 2. The quantitative estimate of drug-likeness (QED) is 0.503. The highest BCUT2D eigenvalue weighted by Gasteiger charge is 2.25. The van der Waals surface area contributed by atoms with Crippen LogP contribution < -0.4 is 10.6 Å². The number of carbonyl (C=O) groups excluding carboxylic acids is 1. The van der Waals surface area contributed by atoms with Crippen LogP contribution in [0.1, 0.15) is 39.2 Å². The summed E-state index contributed by atoms with van der Waals surface area (Å²) in [6.07, 6.45) is 5.30. The number of rotatable bonds is 7. The molecule has 2 aliphatic rings. The van der Waals surface area contributed by atoms with Crippen LogP contribution in [0.5, 0.6) is 0 Å². The van der Waals surface area contributed by atoms with E-state index in [1.807, 2.05) is 44.0 Å². The molecule has 9 nitrogen and oxygen atoms in total. The van der Waals surface area contributed by atoms with Crippen LogP contribution in [0.3, 0.4) is 0 Å². The van der Waals surface area contributed by atoms with Gasteiger partial charge in [0.15, 0.2) is 5.82 Å². The topological polar surface area (TPSA) is 99.8 Å². The molecule has 0 bridgehead atoms. The van der Waals surface area contributed by atoms with Crippen molar-refractivity contribution in [1.82, 2.24) is 29.8 Å². The van der Waals surface area contributed by atoms with E-state index in [1.165, 1.54) is 0 Å². The van der Waals surface area contributed by atoms with Gasteiger partial charge in [0, 0.05) is 60.3 Å². The third-order valence-corrected chi connectivity index (χ3v) is 7.03. The lowest BCUT2D eigenvalue weighted by Crippen LogP contribution is -2.44. The van der Waals surface area contributed by atoms with Gasteiger partial charge in [0.1, 0.15) is 0 Å². The Bertz CT molecular complexity index is 1310. The van der Waals surface area contributed by atoms with Crippen molar-refractivity contribution < 1.29 is 13.6 Å². The Labute approximate surface area is 214 Å². The van der Waals surface area contributed by atoms with E-state index < -0.39 is 6.43 Å². The van der Waals surface area contributed by atoms with Gasteiger partial charge in [-0.2, -0.15) is 0 Å². The molecule has 0 spiro atoms. The summed E-state index contributed by atoms with van der Waals surface area (Å²) < 4.78 is 27.2. The van der Waals surface area contributed by atoms with E-state index in [0.29, 0.717) is 18.2 Å². The maximum Gasteiger partial charge on any atom is 0.250 e. The SMILES string of the molecule is CC1=Nc2ncc(-c3ccn4nc(NC5CCN(C(=O)C(C)C)CC5)ncc34)cc2CC1NCC(F)F. The summed E-state index contributed by atoms with van der Waals surface area (Å²) in [6.45, 7) is 6.80. The predicted octanol–water partition coefficient (Wildman–Crippen LogP) is 3.72. The number of carbonyl (C=O) groups is 1. The van der Waals surface area contributed by atoms with Gasteiger partial charge in [0.05, 0.1) is 18.3 Å². The van der Waals surface area contributed by atoms with Crippen LogP contribution >= 0.6 is 0 Å². The minimum Gasteiger partial charge on any atom is -0.350 e. The molecule has 5 rings (SSSR count). The van der Waals surface area contributed by atoms with Gasteiger partial charge in [-0.25, -0.2) is 28.3 Å². The van der Waals surface area contributed by atoms with Crippen LogP contribution in [0.15, 0.2) is 35.7 Å². The molecule has 3 aromatic heterocycles. The smallest absolute Gasteiger partial charge is 0.250 e. The van der Waals surface area contributed by atoms with Crippen LogP contribution in [0.25, 0.3) is 16.6 Å². The summed E-state index contributed by atoms with van der Waals surface area (Å²) >= 11 is 0. The molecule has 1 atom stereocenters. The molecular weight excluding hydrogens is 478 g/mol. The van der Waals surface area contributed by atoms with Crippen LogP contribution in [-0.4, -0.2) is 74.2 Å². The van der Waals surface area contributed by atoms with E-state index in [9.17, 15) is 13.6 Å². The van der Waals surface area contributed by atoms with Crippen LogP contribution in [0.4, 0.5) is 20.5 Å². The summed E-state index contributed by atoms with van der Waals surface area (Å²) in [5.41, 5.74) is 4.34. The Morgan fingerprint density at radius 2 is 1.97 bits per heavy atom. The van der Waals surface area contributed by atoms with Crippen molar-refractivity contribution in [3.8, 4) is 11.1 Å². The second kappa shape index (κ2) is 10.5.